The highest BCUT2D eigenvalue weighted by molar-refractivity contribution is 5.05. The normalized spacial score (nSPS) is 27.6. The summed E-state index contributed by atoms with van der Waals surface area (Å²) in [7, 11) is 1.99. The molecule has 1 aromatic heterocycles. The lowest BCUT2D eigenvalue weighted by molar-refractivity contribution is 0.0619. The van der Waals surface area contributed by atoms with Crippen LogP contribution in [0.3, 0.4) is 0 Å². The van der Waals surface area contributed by atoms with Gasteiger partial charge in [-0.15, -0.1) is 0 Å². The predicted octanol–water partition coefficient (Wildman–Crippen LogP) is 1.42. The Labute approximate surface area is 116 Å². The Bertz CT molecular complexity index is 433. The van der Waals surface area contributed by atoms with Crippen LogP contribution in [0.1, 0.15) is 32.3 Å². The second kappa shape index (κ2) is 4.91. The van der Waals surface area contributed by atoms with Crippen molar-refractivity contribution in [1.29, 1.82) is 0 Å². The fourth-order valence-electron chi connectivity index (χ4n) is 3.12. The van der Waals surface area contributed by atoms with Crippen LogP contribution >= 0.6 is 0 Å². The minimum Gasteiger partial charge on any atom is -0.311 e. The van der Waals surface area contributed by atoms with Crippen LogP contribution in [0.5, 0.6) is 0 Å². The average Bonchev–Trinajstić information content (AvgIpc) is 3.11. The number of aryl methyl sites for hydroxylation is 1. The molecule has 3 rings (SSSR count). The second-order valence-electron chi connectivity index (χ2n) is 6.86. The van der Waals surface area contributed by atoms with Crippen LogP contribution in [0.15, 0.2) is 12.4 Å². The van der Waals surface area contributed by atoms with Gasteiger partial charge in [0.1, 0.15) is 0 Å². The number of piperazine rings is 1. The van der Waals surface area contributed by atoms with Crippen LogP contribution in [0, 0.1) is 5.92 Å². The maximum atomic E-state index is 4.26. The summed E-state index contributed by atoms with van der Waals surface area (Å²) in [4.78, 5) is 2.67. The van der Waals surface area contributed by atoms with E-state index >= 15 is 0 Å². The van der Waals surface area contributed by atoms with Crippen LogP contribution in [0.25, 0.3) is 0 Å². The van der Waals surface area contributed by atoms with Crippen LogP contribution in [0.4, 0.5) is 0 Å². The molecule has 1 saturated heterocycles. The molecular formula is C15H26N4. The van der Waals surface area contributed by atoms with E-state index in [0.29, 0.717) is 0 Å². The Morgan fingerprint density at radius 2 is 2.21 bits per heavy atom. The quantitative estimate of drug-likeness (QED) is 0.891. The molecule has 0 amide bonds. The molecule has 4 heteroatoms. The van der Waals surface area contributed by atoms with Gasteiger partial charge in [0, 0.05) is 44.5 Å². The molecule has 0 spiro atoms. The molecule has 19 heavy (non-hydrogen) atoms. The molecule has 0 aromatic carbocycles. The highest BCUT2D eigenvalue weighted by Gasteiger charge is 2.39. The molecular weight excluding hydrogens is 236 g/mol. The van der Waals surface area contributed by atoms with Crippen LogP contribution in [-0.2, 0) is 13.5 Å². The zero-order valence-corrected chi connectivity index (χ0v) is 12.4. The first-order valence-corrected chi connectivity index (χ1v) is 7.50. The van der Waals surface area contributed by atoms with E-state index in [1.54, 1.807) is 0 Å². The van der Waals surface area contributed by atoms with Crippen molar-refractivity contribution >= 4 is 0 Å². The Morgan fingerprint density at radius 1 is 1.42 bits per heavy atom. The van der Waals surface area contributed by atoms with E-state index in [2.05, 4.69) is 35.4 Å². The minimum atomic E-state index is 0.271. The molecule has 1 saturated carbocycles. The Kier molecular flexibility index (Phi) is 3.39. The van der Waals surface area contributed by atoms with E-state index in [1.807, 2.05) is 17.9 Å². The lowest BCUT2D eigenvalue weighted by atomic mass is 9.95. The monoisotopic (exact) mass is 262 g/mol. The first-order chi connectivity index (χ1) is 9.04. The number of nitrogens with one attached hydrogen (secondary N) is 1. The largest absolute Gasteiger partial charge is 0.311 e. The van der Waals surface area contributed by atoms with E-state index in [9.17, 15) is 0 Å². The number of nitrogens with zero attached hydrogens (tertiary/aromatic N) is 3. The Morgan fingerprint density at radius 3 is 2.84 bits per heavy atom. The first-order valence-electron chi connectivity index (χ1n) is 7.50. The molecule has 1 aromatic rings. The zero-order valence-electron chi connectivity index (χ0n) is 12.4. The molecule has 1 atom stereocenters. The minimum absolute atomic E-state index is 0.271. The molecule has 1 N–H and O–H groups in total. The van der Waals surface area contributed by atoms with Crippen molar-refractivity contribution in [3.8, 4) is 0 Å². The van der Waals surface area contributed by atoms with E-state index in [0.717, 1.165) is 31.5 Å². The number of hydrogen-bond acceptors (Lipinski definition) is 3. The number of rotatable bonds is 4. The van der Waals surface area contributed by atoms with Gasteiger partial charge in [0.15, 0.2) is 0 Å². The average molecular weight is 262 g/mol. The molecule has 1 aliphatic heterocycles. The summed E-state index contributed by atoms with van der Waals surface area (Å²) in [6, 6.07) is 0.724. The molecule has 0 bridgehead atoms. The van der Waals surface area contributed by atoms with Crippen molar-refractivity contribution in [2.24, 2.45) is 13.0 Å². The van der Waals surface area contributed by atoms with Crippen LogP contribution < -0.4 is 5.32 Å². The summed E-state index contributed by atoms with van der Waals surface area (Å²) in [6.07, 6.45) is 8.08. The van der Waals surface area contributed by atoms with Gasteiger partial charge < -0.3 is 5.32 Å². The van der Waals surface area contributed by atoms with Crippen LogP contribution in [0.2, 0.25) is 0 Å². The van der Waals surface area contributed by atoms with Gasteiger partial charge in [-0.05, 0) is 44.6 Å². The molecule has 106 valence electrons. The van der Waals surface area contributed by atoms with Gasteiger partial charge >= 0.3 is 0 Å². The van der Waals surface area contributed by atoms with Crippen molar-refractivity contribution in [3.05, 3.63) is 18.0 Å². The third-order valence-corrected chi connectivity index (χ3v) is 4.69. The standard InChI is InChI=1S/C15H26N4/c1-15(2)11-16-14(13-4-5-13)10-19(15)7-6-12-8-17-18(3)9-12/h8-9,13-14,16H,4-7,10-11H2,1-3H3. The van der Waals surface area contributed by atoms with E-state index in [1.165, 1.54) is 24.9 Å². The summed E-state index contributed by atoms with van der Waals surface area (Å²) in [5.41, 5.74) is 1.62. The molecule has 4 nitrogen and oxygen atoms in total. The fourth-order valence-corrected chi connectivity index (χ4v) is 3.12. The van der Waals surface area contributed by atoms with Gasteiger partial charge in [0.2, 0.25) is 0 Å². The van der Waals surface area contributed by atoms with Gasteiger partial charge in [0.05, 0.1) is 6.20 Å². The van der Waals surface area contributed by atoms with Gasteiger partial charge in [-0.3, -0.25) is 9.58 Å². The SMILES string of the molecule is Cn1cc(CCN2CC(C3CC3)NCC2(C)C)cn1. The molecule has 0 radical (unpaired) electrons. The highest BCUT2D eigenvalue weighted by atomic mass is 15.3. The molecule has 1 aliphatic carbocycles. The summed E-state index contributed by atoms with van der Waals surface area (Å²) >= 11 is 0. The topological polar surface area (TPSA) is 33.1 Å². The zero-order chi connectivity index (χ0) is 13.5. The summed E-state index contributed by atoms with van der Waals surface area (Å²) < 4.78 is 1.89. The summed E-state index contributed by atoms with van der Waals surface area (Å²) in [5.74, 6) is 0.942. The van der Waals surface area contributed by atoms with Crippen molar-refractivity contribution < 1.29 is 0 Å². The second-order valence-corrected chi connectivity index (χ2v) is 6.86. The molecule has 2 fully saturated rings. The fraction of sp³-hybridized carbons (Fsp3) is 0.800. The Balaban J connectivity index is 1.59. The number of hydrogen-bond donors (Lipinski definition) is 1. The smallest absolute Gasteiger partial charge is 0.0522 e. The van der Waals surface area contributed by atoms with Gasteiger partial charge in [-0.25, -0.2) is 0 Å². The summed E-state index contributed by atoms with van der Waals surface area (Å²) in [6.45, 7) is 8.17. The van der Waals surface area contributed by atoms with Crippen molar-refractivity contribution in [2.75, 3.05) is 19.6 Å². The lowest BCUT2D eigenvalue weighted by Crippen LogP contribution is -2.62. The maximum absolute atomic E-state index is 4.26. The van der Waals surface area contributed by atoms with Crippen molar-refractivity contribution in [1.82, 2.24) is 20.0 Å². The van der Waals surface area contributed by atoms with Crippen LogP contribution in [-0.4, -0.2) is 45.9 Å². The van der Waals surface area contributed by atoms with Gasteiger partial charge in [0.25, 0.3) is 0 Å². The van der Waals surface area contributed by atoms with Gasteiger partial charge in [-0.2, -0.15) is 5.10 Å². The third kappa shape index (κ3) is 3.00. The lowest BCUT2D eigenvalue weighted by Gasteiger charge is -2.46. The van der Waals surface area contributed by atoms with Crippen molar-refractivity contribution in [2.45, 2.75) is 44.7 Å². The van der Waals surface area contributed by atoms with Gasteiger partial charge in [-0.1, -0.05) is 0 Å². The maximum Gasteiger partial charge on any atom is 0.0522 e. The van der Waals surface area contributed by atoms with E-state index in [-0.39, 0.29) is 5.54 Å². The molecule has 2 heterocycles. The van der Waals surface area contributed by atoms with Crippen molar-refractivity contribution in [3.63, 3.8) is 0 Å². The van der Waals surface area contributed by atoms with E-state index < -0.39 is 0 Å². The predicted molar refractivity (Wildman–Crippen MR) is 77.1 cm³/mol. The molecule has 1 unspecified atom stereocenters. The van der Waals surface area contributed by atoms with E-state index in [4.69, 9.17) is 0 Å². The summed E-state index contributed by atoms with van der Waals surface area (Å²) in [5, 5.41) is 8.00. The first kappa shape index (κ1) is 13.1. The number of aromatic nitrogens is 2. The Hall–Kier alpha value is -0.870. The molecule has 2 aliphatic rings. The highest BCUT2D eigenvalue weighted by Crippen LogP contribution is 2.35. The third-order valence-electron chi connectivity index (χ3n) is 4.69.